The molecule has 0 spiro atoms. The van der Waals surface area contributed by atoms with Gasteiger partial charge >= 0.3 is 0 Å². The van der Waals surface area contributed by atoms with Crippen LogP contribution in [0, 0.1) is 13.8 Å². The van der Waals surface area contributed by atoms with Crippen LogP contribution >= 0.6 is 11.6 Å². The van der Waals surface area contributed by atoms with Crippen molar-refractivity contribution in [1.29, 1.82) is 0 Å². The van der Waals surface area contributed by atoms with Crippen LogP contribution in [0.3, 0.4) is 0 Å². The summed E-state index contributed by atoms with van der Waals surface area (Å²) in [5.41, 5.74) is 1.79. The second-order valence-corrected chi connectivity index (χ2v) is 4.03. The fraction of sp³-hybridized carbons (Fsp3) is 0.333. The standard InChI is InChI=1S/C12H13ClN2O/c1-4-9-5-6-10(16-9)12-14-8(3)7(2)11(13)15-12/h5-6H,4H2,1-3H3. The molecule has 0 N–H and O–H groups in total. The lowest BCUT2D eigenvalue weighted by molar-refractivity contribution is 0.525. The molecule has 0 aromatic carbocycles. The second kappa shape index (κ2) is 4.26. The molecule has 2 aromatic heterocycles. The highest BCUT2D eigenvalue weighted by Gasteiger charge is 2.11. The van der Waals surface area contributed by atoms with E-state index in [1.54, 1.807) is 0 Å². The average molecular weight is 237 g/mol. The van der Waals surface area contributed by atoms with Gasteiger partial charge in [0, 0.05) is 17.7 Å². The summed E-state index contributed by atoms with van der Waals surface area (Å²) in [4.78, 5) is 8.57. The van der Waals surface area contributed by atoms with E-state index in [0.29, 0.717) is 16.7 Å². The molecule has 3 nitrogen and oxygen atoms in total. The molecule has 0 aliphatic rings. The molecule has 0 fully saturated rings. The number of nitrogens with zero attached hydrogens (tertiary/aromatic N) is 2. The van der Waals surface area contributed by atoms with E-state index in [-0.39, 0.29) is 0 Å². The largest absolute Gasteiger partial charge is 0.458 e. The zero-order valence-corrected chi connectivity index (χ0v) is 10.3. The van der Waals surface area contributed by atoms with Gasteiger partial charge in [-0.3, -0.25) is 0 Å². The molecule has 0 radical (unpaired) electrons. The van der Waals surface area contributed by atoms with Gasteiger partial charge in [0.25, 0.3) is 0 Å². The van der Waals surface area contributed by atoms with Gasteiger partial charge in [-0.1, -0.05) is 18.5 Å². The molecule has 0 atom stereocenters. The van der Waals surface area contributed by atoms with Crippen LogP contribution in [0.2, 0.25) is 5.15 Å². The minimum absolute atomic E-state index is 0.483. The van der Waals surface area contributed by atoms with Gasteiger partial charge in [-0.2, -0.15) is 0 Å². The number of furan rings is 1. The SMILES string of the molecule is CCc1ccc(-c2nc(C)c(C)c(Cl)n2)o1. The molecule has 0 amide bonds. The molecule has 0 aliphatic heterocycles. The minimum Gasteiger partial charge on any atom is -0.458 e. The lowest BCUT2D eigenvalue weighted by atomic mass is 10.2. The highest BCUT2D eigenvalue weighted by molar-refractivity contribution is 6.30. The van der Waals surface area contributed by atoms with Crippen molar-refractivity contribution in [3.63, 3.8) is 0 Å². The van der Waals surface area contributed by atoms with E-state index in [1.807, 2.05) is 32.9 Å². The molecule has 0 unspecified atom stereocenters. The number of aromatic nitrogens is 2. The van der Waals surface area contributed by atoms with Crippen LogP contribution in [0.4, 0.5) is 0 Å². The molecule has 0 aliphatic carbocycles. The minimum atomic E-state index is 0.483. The Morgan fingerprint density at radius 1 is 1.25 bits per heavy atom. The van der Waals surface area contributed by atoms with Crippen molar-refractivity contribution < 1.29 is 4.42 Å². The first-order valence-electron chi connectivity index (χ1n) is 5.21. The fourth-order valence-corrected chi connectivity index (χ4v) is 1.61. The number of hydrogen-bond acceptors (Lipinski definition) is 3. The summed E-state index contributed by atoms with van der Waals surface area (Å²) in [7, 11) is 0. The topological polar surface area (TPSA) is 38.9 Å². The third kappa shape index (κ3) is 1.95. The van der Waals surface area contributed by atoms with Crippen molar-refractivity contribution in [2.45, 2.75) is 27.2 Å². The van der Waals surface area contributed by atoms with E-state index >= 15 is 0 Å². The van der Waals surface area contributed by atoms with Gasteiger partial charge in [-0.25, -0.2) is 9.97 Å². The first-order valence-corrected chi connectivity index (χ1v) is 5.59. The maximum Gasteiger partial charge on any atom is 0.197 e. The van der Waals surface area contributed by atoms with Crippen LogP contribution in [0.5, 0.6) is 0 Å². The predicted octanol–water partition coefficient (Wildman–Crippen LogP) is 3.57. The molecule has 0 saturated heterocycles. The van der Waals surface area contributed by atoms with Crippen molar-refractivity contribution in [2.24, 2.45) is 0 Å². The molecule has 84 valence electrons. The lowest BCUT2D eigenvalue weighted by Gasteiger charge is -2.03. The van der Waals surface area contributed by atoms with Gasteiger partial charge in [0.15, 0.2) is 11.6 Å². The zero-order chi connectivity index (χ0) is 11.7. The molecule has 2 rings (SSSR count). The molecule has 16 heavy (non-hydrogen) atoms. The highest BCUT2D eigenvalue weighted by atomic mass is 35.5. The van der Waals surface area contributed by atoms with Crippen molar-refractivity contribution in [2.75, 3.05) is 0 Å². The summed E-state index contributed by atoms with van der Waals surface area (Å²) in [5, 5.41) is 0.483. The Bertz CT molecular complexity index is 496. The lowest BCUT2D eigenvalue weighted by Crippen LogP contribution is -1.95. The summed E-state index contributed by atoms with van der Waals surface area (Å²) >= 11 is 6.02. The number of aryl methyl sites for hydroxylation is 2. The van der Waals surface area contributed by atoms with Gasteiger partial charge < -0.3 is 4.42 Å². The van der Waals surface area contributed by atoms with Crippen molar-refractivity contribution >= 4 is 11.6 Å². The molecule has 2 heterocycles. The summed E-state index contributed by atoms with van der Waals surface area (Å²) in [5.74, 6) is 2.14. The average Bonchev–Trinajstić information content (AvgIpc) is 2.73. The van der Waals surface area contributed by atoms with E-state index < -0.39 is 0 Å². The predicted molar refractivity (Wildman–Crippen MR) is 63.6 cm³/mol. The van der Waals surface area contributed by atoms with Crippen LogP contribution in [0.15, 0.2) is 16.5 Å². The van der Waals surface area contributed by atoms with Crippen LogP contribution in [0.25, 0.3) is 11.6 Å². The Kier molecular flexibility index (Phi) is 2.97. The van der Waals surface area contributed by atoms with Gasteiger partial charge in [-0.15, -0.1) is 0 Å². The number of halogens is 1. The summed E-state index contributed by atoms with van der Waals surface area (Å²) < 4.78 is 5.59. The normalized spacial score (nSPS) is 10.8. The third-order valence-corrected chi connectivity index (χ3v) is 2.93. The highest BCUT2D eigenvalue weighted by Crippen LogP contribution is 2.23. The molecule has 0 bridgehead atoms. The molecule has 4 heteroatoms. The maximum absolute atomic E-state index is 6.02. The second-order valence-electron chi connectivity index (χ2n) is 3.67. The summed E-state index contributed by atoms with van der Waals surface area (Å²) in [6.45, 7) is 5.86. The van der Waals surface area contributed by atoms with Gasteiger partial charge in [0.1, 0.15) is 10.9 Å². The fourth-order valence-electron chi connectivity index (χ4n) is 1.39. The van der Waals surface area contributed by atoms with Crippen LogP contribution < -0.4 is 0 Å². The van der Waals surface area contributed by atoms with Crippen LogP contribution in [-0.4, -0.2) is 9.97 Å². The van der Waals surface area contributed by atoms with Crippen LogP contribution in [-0.2, 0) is 6.42 Å². The van der Waals surface area contributed by atoms with Crippen molar-refractivity contribution in [3.05, 3.63) is 34.3 Å². The van der Waals surface area contributed by atoms with Crippen molar-refractivity contribution in [1.82, 2.24) is 9.97 Å². The monoisotopic (exact) mass is 236 g/mol. The van der Waals surface area contributed by atoms with Gasteiger partial charge in [-0.05, 0) is 26.0 Å². The first-order chi connectivity index (χ1) is 7.61. The molecule has 2 aromatic rings. The van der Waals surface area contributed by atoms with E-state index in [2.05, 4.69) is 9.97 Å². The Morgan fingerprint density at radius 2 is 2.00 bits per heavy atom. The Morgan fingerprint density at radius 3 is 2.56 bits per heavy atom. The Hall–Kier alpha value is -1.35. The number of rotatable bonds is 2. The third-order valence-electron chi connectivity index (χ3n) is 2.56. The Balaban J connectivity index is 2.48. The molecular weight excluding hydrogens is 224 g/mol. The van der Waals surface area contributed by atoms with Gasteiger partial charge in [0.2, 0.25) is 0 Å². The van der Waals surface area contributed by atoms with E-state index in [4.69, 9.17) is 16.0 Å². The van der Waals surface area contributed by atoms with Crippen molar-refractivity contribution in [3.8, 4) is 11.6 Å². The van der Waals surface area contributed by atoms with E-state index in [1.165, 1.54) is 0 Å². The van der Waals surface area contributed by atoms with Crippen LogP contribution in [0.1, 0.15) is 23.9 Å². The first kappa shape index (κ1) is 11.1. The van der Waals surface area contributed by atoms with E-state index in [0.717, 1.165) is 23.4 Å². The Labute approximate surface area is 99.5 Å². The van der Waals surface area contributed by atoms with Gasteiger partial charge in [0.05, 0.1) is 0 Å². The maximum atomic E-state index is 6.02. The number of hydrogen-bond donors (Lipinski definition) is 0. The quantitative estimate of drug-likeness (QED) is 0.749. The molecular formula is C12H13ClN2O. The summed E-state index contributed by atoms with van der Waals surface area (Å²) in [6.07, 6.45) is 0.860. The smallest absolute Gasteiger partial charge is 0.197 e. The molecule has 0 saturated carbocycles. The van der Waals surface area contributed by atoms with E-state index in [9.17, 15) is 0 Å². The zero-order valence-electron chi connectivity index (χ0n) is 9.54. The summed E-state index contributed by atoms with van der Waals surface area (Å²) in [6, 6.07) is 3.81.